The van der Waals surface area contributed by atoms with Gasteiger partial charge in [0.1, 0.15) is 5.75 Å². The van der Waals surface area contributed by atoms with Crippen LogP contribution in [0.15, 0.2) is 47.5 Å². The van der Waals surface area contributed by atoms with Crippen molar-refractivity contribution in [1.82, 2.24) is 10.6 Å². The van der Waals surface area contributed by atoms with Gasteiger partial charge in [0.2, 0.25) is 0 Å². The summed E-state index contributed by atoms with van der Waals surface area (Å²) in [6, 6.07) is 13.9. The van der Waals surface area contributed by atoms with Gasteiger partial charge in [-0.05, 0) is 48.4 Å². The standard InChI is InChI=1S/C23H31N3O3S/c1-17-4-11-21(22(12-17)29-15-19-7-8-19)14-26-23(24-2)25-13-18-5-9-20(10-6-18)16-30(3,27)28/h4-6,9-12,19H,7-8,13-16H2,1-3H3,(H2,24,25,26). The molecule has 6 nitrogen and oxygen atoms in total. The molecule has 0 amide bonds. The Balaban J connectivity index is 1.52. The minimum Gasteiger partial charge on any atom is -0.493 e. The van der Waals surface area contributed by atoms with Gasteiger partial charge in [0.25, 0.3) is 0 Å². The molecule has 1 saturated carbocycles. The van der Waals surface area contributed by atoms with Crippen LogP contribution >= 0.6 is 0 Å². The topological polar surface area (TPSA) is 79.8 Å². The number of sulfone groups is 1. The lowest BCUT2D eigenvalue weighted by atomic mass is 10.1. The maximum atomic E-state index is 11.4. The van der Waals surface area contributed by atoms with Crippen molar-refractivity contribution in [3.63, 3.8) is 0 Å². The van der Waals surface area contributed by atoms with Crippen LogP contribution in [0.3, 0.4) is 0 Å². The number of hydrogen-bond acceptors (Lipinski definition) is 4. The number of aryl methyl sites for hydroxylation is 1. The van der Waals surface area contributed by atoms with E-state index in [1.807, 2.05) is 24.3 Å². The van der Waals surface area contributed by atoms with E-state index in [1.54, 1.807) is 7.05 Å². The van der Waals surface area contributed by atoms with Crippen molar-refractivity contribution >= 4 is 15.8 Å². The van der Waals surface area contributed by atoms with E-state index in [0.29, 0.717) is 25.0 Å². The van der Waals surface area contributed by atoms with Crippen LogP contribution in [-0.2, 0) is 28.7 Å². The largest absolute Gasteiger partial charge is 0.493 e. The number of guanidine groups is 1. The molecule has 0 heterocycles. The Morgan fingerprint density at radius 3 is 2.37 bits per heavy atom. The van der Waals surface area contributed by atoms with E-state index >= 15 is 0 Å². The zero-order valence-corrected chi connectivity index (χ0v) is 18.8. The molecular weight excluding hydrogens is 398 g/mol. The van der Waals surface area contributed by atoms with Gasteiger partial charge in [0.15, 0.2) is 15.8 Å². The van der Waals surface area contributed by atoms with Crippen LogP contribution in [0.2, 0.25) is 0 Å². The summed E-state index contributed by atoms with van der Waals surface area (Å²) in [6.45, 7) is 4.08. The highest BCUT2D eigenvalue weighted by atomic mass is 32.2. The second-order valence-electron chi connectivity index (χ2n) is 8.03. The number of benzene rings is 2. The highest BCUT2D eigenvalue weighted by molar-refractivity contribution is 7.89. The van der Waals surface area contributed by atoms with E-state index in [0.717, 1.165) is 29.0 Å². The fourth-order valence-corrected chi connectivity index (χ4v) is 3.87. The van der Waals surface area contributed by atoms with Gasteiger partial charge in [-0.1, -0.05) is 36.4 Å². The zero-order chi connectivity index (χ0) is 21.6. The maximum Gasteiger partial charge on any atom is 0.191 e. The van der Waals surface area contributed by atoms with Gasteiger partial charge in [-0.2, -0.15) is 0 Å². The predicted octanol–water partition coefficient (Wildman–Crippen LogP) is 3.19. The van der Waals surface area contributed by atoms with Crippen molar-refractivity contribution in [3.05, 3.63) is 64.7 Å². The fourth-order valence-electron chi connectivity index (χ4n) is 3.08. The van der Waals surface area contributed by atoms with Gasteiger partial charge < -0.3 is 15.4 Å². The van der Waals surface area contributed by atoms with E-state index in [2.05, 4.69) is 40.7 Å². The minimum absolute atomic E-state index is 0.0611. The van der Waals surface area contributed by atoms with E-state index in [4.69, 9.17) is 4.74 Å². The molecule has 0 spiro atoms. The number of ether oxygens (including phenoxy) is 1. The van der Waals surface area contributed by atoms with Crippen LogP contribution in [0.25, 0.3) is 0 Å². The van der Waals surface area contributed by atoms with Crippen molar-refractivity contribution < 1.29 is 13.2 Å². The van der Waals surface area contributed by atoms with E-state index in [9.17, 15) is 8.42 Å². The van der Waals surface area contributed by atoms with E-state index in [1.165, 1.54) is 24.7 Å². The van der Waals surface area contributed by atoms with Crippen molar-refractivity contribution in [1.29, 1.82) is 0 Å². The van der Waals surface area contributed by atoms with Crippen molar-refractivity contribution in [2.45, 2.75) is 38.6 Å². The number of hydrogen-bond donors (Lipinski definition) is 2. The molecule has 0 aromatic heterocycles. The van der Waals surface area contributed by atoms with E-state index < -0.39 is 9.84 Å². The molecule has 0 unspecified atom stereocenters. The van der Waals surface area contributed by atoms with Gasteiger partial charge in [0, 0.05) is 32.0 Å². The number of nitrogens with zero attached hydrogens (tertiary/aromatic N) is 1. The predicted molar refractivity (Wildman–Crippen MR) is 121 cm³/mol. The van der Waals surface area contributed by atoms with Crippen molar-refractivity contribution in [2.24, 2.45) is 10.9 Å². The summed E-state index contributed by atoms with van der Waals surface area (Å²) < 4.78 is 28.8. The van der Waals surface area contributed by atoms with Crippen molar-refractivity contribution in [3.8, 4) is 5.75 Å². The van der Waals surface area contributed by atoms with Crippen molar-refractivity contribution in [2.75, 3.05) is 19.9 Å². The quantitative estimate of drug-likeness (QED) is 0.473. The average molecular weight is 430 g/mol. The lowest BCUT2D eigenvalue weighted by molar-refractivity contribution is 0.296. The monoisotopic (exact) mass is 429 g/mol. The summed E-state index contributed by atoms with van der Waals surface area (Å²) in [6.07, 6.45) is 3.78. The Morgan fingerprint density at radius 1 is 1.07 bits per heavy atom. The van der Waals surface area contributed by atoms with Gasteiger partial charge in [-0.3, -0.25) is 4.99 Å². The first kappa shape index (κ1) is 22.2. The summed E-state index contributed by atoms with van der Waals surface area (Å²) in [5, 5.41) is 6.64. The number of rotatable bonds is 9. The molecule has 1 aliphatic carbocycles. The van der Waals surface area contributed by atoms with Crippen LogP contribution in [-0.4, -0.2) is 34.3 Å². The van der Waals surface area contributed by atoms with Crippen LogP contribution in [0.1, 0.15) is 35.1 Å². The van der Waals surface area contributed by atoms with Crippen LogP contribution in [0.5, 0.6) is 5.75 Å². The molecule has 1 fully saturated rings. The molecule has 2 aromatic carbocycles. The summed E-state index contributed by atoms with van der Waals surface area (Å²) in [5.41, 5.74) is 4.14. The third-order valence-electron chi connectivity index (χ3n) is 4.98. The number of aliphatic imine (C=N–C) groups is 1. The normalized spacial score (nSPS) is 14.4. The van der Waals surface area contributed by atoms with Gasteiger partial charge in [0.05, 0.1) is 12.4 Å². The Labute approximate surface area is 179 Å². The second-order valence-corrected chi connectivity index (χ2v) is 10.2. The molecule has 0 radical (unpaired) electrons. The SMILES string of the molecule is CN=C(NCc1ccc(CS(C)(=O)=O)cc1)NCc1ccc(C)cc1OCC1CC1. The first-order valence-corrected chi connectivity index (χ1v) is 12.3. The first-order valence-electron chi connectivity index (χ1n) is 10.2. The van der Waals surface area contributed by atoms with Gasteiger partial charge >= 0.3 is 0 Å². The Kier molecular flexibility index (Phi) is 7.37. The molecule has 0 aliphatic heterocycles. The molecule has 0 atom stereocenters. The molecule has 2 N–H and O–H groups in total. The van der Waals surface area contributed by atoms with Gasteiger partial charge in [-0.15, -0.1) is 0 Å². The summed E-state index contributed by atoms with van der Waals surface area (Å²) >= 11 is 0. The summed E-state index contributed by atoms with van der Waals surface area (Å²) in [7, 11) is -1.28. The Bertz CT molecular complexity index is 981. The molecule has 7 heteroatoms. The molecule has 3 rings (SSSR count). The molecule has 162 valence electrons. The van der Waals surface area contributed by atoms with E-state index in [-0.39, 0.29) is 5.75 Å². The highest BCUT2D eigenvalue weighted by Crippen LogP contribution is 2.30. The zero-order valence-electron chi connectivity index (χ0n) is 17.9. The Morgan fingerprint density at radius 2 is 1.73 bits per heavy atom. The highest BCUT2D eigenvalue weighted by Gasteiger charge is 2.22. The lowest BCUT2D eigenvalue weighted by Gasteiger charge is -2.15. The summed E-state index contributed by atoms with van der Waals surface area (Å²) in [4.78, 5) is 4.29. The minimum atomic E-state index is -3.02. The third-order valence-corrected chi connectivity index (χ3v) is 5.83. The molecule has 0 bridgehead atoms. The Hall–Kier alpha value is -2.54. The second kappa shape index (κ2) is 9.98. The average Bonchev–Trinajstić information content (AvgIpc) is 3.52. The smallest absolute Gasteiger partial charge is 0.191 e. The summed E-state index contributed by atoms with van der Waals surface area (Å²) in [5.74, 6) is 2.41. The first-order chi connectivity index (χ1) is 14.3. The third kappa shape index (κ3) is 7.37. The molecule has 30 heavy (non-hydrogen) atoms. The lowest BCUT2D eigenvalue weighted by Crippen LogP contribution is -2.36. The van der Waals surface area contributed by atoms with Crippen LogP contribution in [0.4, 0.5) is 0 Å². The van der Waals surface area contributed by atoms with Gasteiger partial charge in [-0.25, -0.2) is 8.42 Å². The molecule has 1 aliphatic rings. The van der Waals surface area contributed by atoms with Crippen LogP contribution < -0.4 is 15.4 Å². The molecule has 2 aromatic rings. The fraction of sp³-hybridized carbons (Fsp3) is 0.435. The molecule has 0 saturated heterocycles. The van der Waals surface area contributed by atoms with Crippen LogP contribution in [0, 0.1) is 12.8 Å². The number of nitrogens with one attached hydrogen (secondary N) is 2. The maximum absolute atomic E-state index is 11.4. The molecular formula is C23H31N3O3S.